The van der Waals surface area contributed by atoms with Gasteiger partial charge in [0, 0.05) is 0 Å². The number of isocyanates is 1. The van der Waals surface area contributed by atoms with Gasteiger partial charge < -0.3 is 0 Å². The second kappa shape index (κ2) is 5.54. The first-order valence-electron chi connectivity index (χ1n) is 7.93. The van der Waals surface area contributed by atoms with E-state index in [9.17, 15) is 4.79 Å². The van der Waals surface area contributed by atoms with Crippen molar-refractivity contribution in [2.75, 3.05) is 0 Å². The Balaban J connectivity index is 1.76. The molecule has 1 aromatic carbocycles. The van der Waals surface area contributed by atoms with Crippen molar-refractivity contribution < 1.29 is 4.79 Å². The lowest BCUT2D eigenvalue weighted by Crippen LogP contribution is -2.31. The van der Waals surface area contributed by atoms with E-state index in [4.69, 9.17) is 0 Å². The molecule has 20 heavy (non-hydrogen) atoms. The average molecular weight is 269 g/mol. The summed E-state index contributed by atoms with van der Waals surface area (Å²) in [7, 11) is 0. The molecule has 106 valence electrons. The molecule has 0 atom stereocenters. The summed E-state index contributed by atoms with van der Waals surface area (Å²) in [5.74, 6) is 1.62. The minimum atomic E-state index is -0.249. The number of aliphatic imine (C=N–C) groups is 1. The molecular formula is C18H23NO. The van der Waals surface area contributed by atoms with Crippen LogP contribution in [0.1, 0.15) is 68.9 Å². The molecule has 0 spiro atoms. The van der Waals surface area contributed by atoms with Crippen molar-refractivity contribution in [3.05, 3.63) is 35.4 Å². The van der Waals surface area contributed by atoms with Crippen molar-refractivity contribution in [1.29, 1.82) is 0 Å². The molecule has 0 amide bonds. The van der Waals surface area contributed by atoms with Gasteiger partial charge in [-0.05, 0) is 55.1 Å². The minimum Gasteiger partial charge on any atom is -0.211 e. The zero-order valence-electron chi connectivity index (χ0n) is 12.3. The monoisotopic (exact) mass is 269 g/mol. The van der Waals surface area contributed by atoms with E-state index in [1.54, 1.807) is 6.08 Å². The Morgan fingerprint density at radius 1 is 1.10 bits per heavy atom. The van der Waals surface area contributed by atoms with E-state index < -0.39 is 0 Å². The van der Waals surface area contributed by atoms with Gasteiger partial charge in [-0.25, -0.2) is 4.79 Å². The normalized spacial score (nSPS) is 28.2. The molecule has 0 radical (unpaired) electrons. The molecule has 0 heterocycles. The number of carbonyl (C=O) groups excluding carboxylic acids is 1. The molecule has 0 unspecified atom stereocenters. The number of benzene rings is 1. The first kappa shape index (κ1) is 13.6. The summed E-state index contributed by atoms with van der Waals surface area (Å²) in [5, 5.41) is 0. The summed E-state index contributed by atoms with van der Waals surface area (Å²) in [6.45, 7) is 2.36. The van der Waals surface area contributed by atoms with E-state index in [2.05, 4.69) is 36.2 Å². The van der Waals surface area contributed by atoms with Crippen LogP contribution in [0.5, 0.6) is 0 Å². The molecular weight excluding hydrogens is 246 g/mol. The van der Waals surface area contributed by atoms with Gasteiger partial charge >= 0.3 is 0 Å². The van der Waals surface area contributed by atoms with Gasteiger partial charge in [-0.1, -0.05) is 44.0 Å². The maximum Gasteiger partial charge on any atom is 0.235 e. The van der Waals surface area contributed by atoms with E-state index in [1.165, 1.54) is 36.8 Å². The molecule has 0 aliphatic heterocycles. The average Bonchev–Trinajstić information content (AvgIpc) is 2.44. The molecule has 0 bridgehead atoms. The molecule has 2 fully saturated rings. The molecule has 2 saturated carbocycles. The highest BCUT2D eigenvalue weighted by Gasteiger charge is 2.38. The van der Waals surface area contributed by atoms with Crippen molar-refractivity contribution in [3.63, 3.8) is 0 Å². The van der Waals surface area contributed by atoms with Crippen molar-refractivity contribution >= 4 is 6.08 Å². The van der Waals surface area contributed by atoms with Crippen molar-refractivity contribution in [2.45, 2.75) is 63.3 Å². The zero-order valence-corrected chi connectivity index (χ0v) is 12.3. The molecule has 1 aromatic rings. The van der Waals surface area contributed by atoms with Crippen LogP contribution in [0.3, 0.4) is 0 Å². The van der Waals surface area contributed by atoms with Crippen molar-refractivity contribution in [3.8, 4) is 0 Å². The molecule has 0 aromatic heterocycles. The maximum absolute atomic E-state index is 10.6. The predicted octanol–water partition coefficient (Wildman–Crippen LogP) is 4.70. The quantitative estimate of drug-likeness (QED) is 0.578. The highest BCUT2D eigenvalue weighted by atomic mass is 16.1. The lowest BCUT2D eigenvalue weighted by Gasteiger charge is -2.37. The fourth-order valence-corrected chi connectivity index (χ4v) is 3.72. The Morgan fingerprint density at radius 3 is 2.25 bits per heavy atom. The molecule has 0 N–H and O–H groups in total. The van der Waals surface area contributed by atoms with Crippen molar-refractivity contribution in [1.82, 2.24) is 0 Å². The summed E-state index contributed by atoms with van der Waals surface area (Å²) in [4.78, 5) is 14.7. The third kappa shape index (κ3) is 2.45. The second-order valence-corrected chi connectivity index (χ2v) is 6.67. The van der Waals surface area contributed by atoms with Crippen LogP contribution in [0.25, 0.3) is 0 Å². The van der Waals surface area contributed by atoms with E-state index in [-0.39, 0.29) is 5.54 Å². The summed E-state index contributed by atoms with van der Waals surface area (Å²) in [6, 6.07) is 8.90. The number of rotatable bonds is 3. The molecule has 3 rings (SSSR count). The van der Waals surface area contributed by atoms with Gasteiger partial charge in [-0.2, -0.15) is 4.99 Å². The van der Waals surface area contributed by atoms with Crippen LogP contribution in [0.15, 0.2) is 29.3 Å². The van der Waals surface area contributed by atoms with Crippen LogP contribution >= 0.6 is 0 Å². The Morgan fingerprint density at radius 2 is 1.75 bits per heavy atom. The summed E-state index contributed by atoms with van der Waals surface area (Å²) < 4.78 is 0. The van der Waals surface area contributed by atoms with Gasteiger partial charge in [0.1, 0.15) is 0 Å². The van der Waals surface area contributed by atoms with Gasteiger partial charge in [0.25, 0.3) is 0 Å². The minimum absolute atomic E-state index is 0.249. The van der Waals surface area contributed by atoms with Gasteiger partial charge in [0.15, 0.2) is 0 Å². The lowest BCUT2D eigenvalue weighted by molar-refractivity contribution is 0.256. The first-order valence-corrected chi connectivity index (χ1v) is 7.93. The summed E-state index contributed by atoms with van der Waals surface area (Å²) in [5.41, 5.74) is 2.41. The first-order chi connectivity index (χ1) is 9.73. The van der Waals surface area contributed by atoms with Gasteiger partial charge in [0.2, 0.25) is 6.08 Å². The van der Waals surface area contributed by atoms with E-state index in [0.717, 1.165) is 31.1 Å². The van der Waals surface area contributed by atoms with Crippen LogP contribution in [0, 0.1) is 5.92 Å². The molecule has 2 heteroatoms. The predicted molar refractivity (Wildman–Crippen MR) is 80.5 cm³/mol. The zero-order chi connectivity index (χ0) is 14.0. The molecule has 2 aliphatic rings. The third-order valence-electron chi connectivity index (χ3n) is 5.38. The van der Waals surface area contributed by atoms with Crippen LogP contribution in [-0.4, -0.2) is 6.08 Å². The highest BCUT2D eigenvalue weighted by Crippen LogP contribution is 2.45. The van der Waals surface area contributed by atoms with Crippen molar-refractivity contribution in [2.24, 2.45) is 10.9 Å². The van der Waals surface area contributed by atoms with Crippen LogP contribution < -0.4 is 0 Å². The summed E-state index contributed by atoms with van der Waals surface area (Å²) in [6.07, 6.45) is 10.2. The Hall–Kier alpha value is -1.40. The standard InChI is InChI=1S/C18H23NO/c1-14-3-5-15(6-4-14)16-7-9-17(10-8-16)18(19-13-20)11-2-12-18/h7-10,14-15H,2-6,11-12H2,1H3. The van der Waals surface area contributed by atoms with Crippen LogP contribution in [0.4, 0.5) is 0 Å². The SMILES string of the molecule is CC1CCC(c2ccc(C3(N=C=O)CCC3)cc2)CC1. The van der Waals surface area contributed by atoms with Gasteiger partial charge in [-0.15, -0.1) is 0 Å². The Labute approximate surface area is 121 Å². The maximum atomic E-state index is 10.6. The van der Waals surface area contributed by atoms with E-state index >= 15 is 0 Å². The number of hydrogen-bond acceptors (Lipinski definition) is 2. The summed E-state index contributed by atoms with van der Waals surface area (Å²) >= 11 is 0. The highest BCUT2D eigenvalue weighted by molar-refractivity contribution is 5.40. The third-order valence-corrected chi connectivity index (χ3v) is 5.38. The van der Waals surface area contributed by atoms with Gasteiger partial charge in [-0.3, -0.25) is 0 Å². The van der Waals surface area contributed by atoms with Crippen LogP contribution in [-0.2, 0) is 10.3 Å². The van der Waals surface area contributed by atoms with Crippen LogP contribution in [0.2, 0.25) is 0 Å². The topological polar surface area (TPSA) is 29.4 Å². The number of hydrogen-bond donors (Lipinski definition) is 0. The fraction of sp³-hybridized carbons (Fsp3) is 0.611. The fourth-order valence-electron chi connectivity index (χ4n) is 3.72. The smallest absolute Gasteiger partial charge is 0.211 e. The van der Waals surface area contributed by atoms with Gasteiger partial charge in [0.05, 0.1) is 5.54 Å². The van der Waals surface area contributed by atoms with E-state index in [1.807, 2.05) is 0 Å². The largest absolute Gasteiger partial charge is 0.235 e. The lowest BCUT2D eigenvalue weighted by atomic mass is 9.71. The molecule has 0 saturated heterocycles. The van der Waals surface area contributed by atoms with E-state index in [0.29, 0.717) is 0 Å². The Bertz CT molecular complexity index is 501. The second-order valence-electron chi connectivity index (χ2n) is 6.67. The molecule has 2 nitrogen and oxygen atoms in total. The Kier molecular flexibility index (Phi) is 3.76. The molecule has 2 aliphatic carbocycles. The number of nitrogens with zero attached hydrogens (tertiary/aromatic N) is 1.